The van der Waals surface area contributed by atoms with E-state index < -0.39 is 0 Å². The van der Waals surface area contributed by atoms with Crippen molar-refractivity contribution in [3.05, 3.63) is 132 Å². The predicted molar refractivity (Wildman–Crippen MR) is 124 cm³/mol. The zero-order valence-corrected chi connectivity index (χ0v) is 16.8. The number of aliphatic imine (C=N–C) groups is 1. The van der Waals surface area contributed by atoms with Crippen LogP contribution in [0.3, 0.4) is 0 Å². The molecule has 146 valence electrons. The SMILES string of the molecule is Cc1ccc(N=C(c2ccccc2)N(C(=O)c2ccccc2)c2ccccc2)cc1. The van der Waals surface area contributed by atoms with E-state index in [1.807, 2.05) is 122 Å². The van der Waals surface area contributed by atoms with Gasteiger partial charge in [0.05, 0.1) is 11.4 Å². The van der Waals surface area contributed by atoms with E-state index in [0.717, 1.165) is 22.5 Å². The van der Waals surface area contributed by atoms with Crippen molar-refractivity contribution >= 4 is 23.1 Å². The Morgan fingerprint density at radius 1 is 0.633 bits per heavy atom. The topological polar surface area (TPSA) is 32.7 Å². The summed E-state index contributed by atoms with van der Waals surface area (Å²) in [6.07, 6.45) is 0. The molecule has 0 aliphatic rings. The molecule has 0 heterocycles. The maximum absolute atomic E-state index is 13.6. The predicted octanol–water partition coefficient (Wildman–Crippen LogP) is 6.42. The third-order valence-corrected chi connectivity index (χ3v) is 4.75. The maximum atomic E-state index is 13.6. The van der Waals surface area contributed by atoms with Gasteiger partial charge in [-0.3, -0.25) is 9.69 Å². The smallest absolute Gasteiger partial charge is 0.264 e. The minimum atomic E-state index is -0.128. The minimum absolute atomic E-state index is 0.128. The van der Waals surface area contributed by atoms with Crippen LogP contribution < -0.4 is 4.90 Å². The molecule has 0 radical (unpaired) electrons. The van der Waals surface area contributed by atoms with Gasteiger partial charge in [0.15, 0.2) is 0 Å². The lowest BCUT2D eigenvalue weighted by atomic mass is 10.1. The number of para-hydroxylation sites is 1. The second-order valence-corrected chi connectivity index (χ2v) is 6.98. The highest BCUT2D eigenvalue weighted by Gasteiger charge is 2.24. The van der Waals surface area contributed by atoms with Gasteiger partial charge in [0.25, 0.3) is 5.91 Å². The lowest BCUT2D eigenvalue weighted by molar-refractivity contribution is 0.100. The molecule has 3 nitrogen and oxygen atoms in total. The molecule has 0 aliphatic heterocycles. The third-order valence-electron chi connectivity index (χ3n) is 4.75. The number of anilines is 1. The van der Waals surface area contributed by atoms with Crippen LogP contribution in [-0.2, 0) is 0 Å². The lowest BCUT2D eigenvalue weighted by Gasteiger charge is -2.25. The van der Waals surface area contributed by atoms with E-state index in [2.05, 4.69) is 0 Å². The minimum Gasteiger partial charge on any atom is -0.268 e. The Bertz CT molecular complexity index is 1140. The van der Waals surface area contributed by atoms with Gasteiger partial charge in [-0.1, -0.05) is 84.4 Å². The zero-order valence-electron chi connectivity index (χ0n) is 16.8. The molecule has 0 N–H and O–H groups in total. The number of hydrogen-bond acceptors (Lipinski definition) is 2. The van der Waals surface area contributed by atoms with E-state index in [4.69, 9.17) is 4.99 Å². The van der Waals surface area contributed by atoms with Crippen LogP contribution in [0.5, 0.6) is 0 Å². The highest BCUT2D eigenvalue weighted by molar-refractivity contribution is 6.28. The van der Waals surface area contributed by atoms with E-state index in [1.54, 1.807) is 4.90 Å². The van der Waals surface area contributed by atoms with Gasteiger partial charge in [0.2, 0.25) is 0 Å². The van der Waals surface area contributed by atoms with Crippen LogP contribution in [0.4, 0.5) is 11.4 Å². The third kappa shape index (κ3) is 4.36. The summed E-state index contributed by atoms with van der Waals surface area (Å²) < 4.78 is 0. The van der Waals surface area contributed by atoms with Crippen molar-refractivity contribution < 1.29 is 4.79 Å². The second-order valence-electron chi connectivity index (χ2n) is 6.98. The van der Waals surface area contributed by atoms with Crippen molar-refractivity contribution in [1.82, 2.24) is 0 Å². The van der Waals surface area contributed by atoms with Crippen LogP contribution in [-0.4, -0.2) is 11.7 Å². The van der Waals surface area contributed by atoms with Gasteiger partial charge in [-0.15, -0.1) is 0 Å². The van der Waals surface area contributed by atoms with Crippen LogP contribution >= 0.6 is 0 Å². The molecule has 30 heavy (non-hydrogen) atoms. The number of hydrogen-bond donors (Lipinski definition) is 0. The average molecular weight is 390 g/mol. The summed E-state index contributed by atoms with van der Waals surface area (Å²) in [7, 11) is 0. The van der Waals surface area contributed by atoms with E-state index >= 15 is 0 Å². The first-order valence-electron chi connectivity index (χ1n) is 9.88. The fourth-order valence-corrected chi connectivity index (χ4v) is 3.20. The molecule has 4 aromatic rings. The first-order valence-corrected chi connectivity index (χ1v) is 9.88. The standard InChI is InChI=1S/C27H22N2O/c1-21-17-19-24(20-18-21)28-26(22-11-5-2-6-12-22)29(25-15-9-4-10-16-25)27(30)23-13-7-3-8-14-23/h2-20H,1H3. The Balaban J connectivity index is 1.91. The van der Waals surface area contributed by atoms with Gasteiger partial charge in [0, 0.05) is 11.1 Å². The molecule has 4 aromatic carbocycles. The van der Waals surface area contributed by atoms with Crippen LogP contribution in [0.1, 0.15) is 21.5 Å². The molecule has 1 amide bonds. The van der Waals surface area contributed by atoms with Crippen molar-refractivity contribution in [3.8, 4) is 0 Å². The van der Waals surface area contributed by atoms with Crippen molar-refractivity contribution in [2.45, 2.75) is 6.92 Å². The Kier molecular flexibility index (Phi) is 5.81. The van der Waals surface area contributed by atoms with Crippen LogP contribution in [0, 0.1) is 6.92 Å². The molecule has 0 saturated heterocycles. The molecule has 0 unspecified atom stereocenters. The molecule has 0 bridgehead atoms. The Hall–Kier alpha value is -3.98. The van der Waals surface area contributed by atoms with Gasteiger partial charge in [-0.05, 0) is 43.3 Å². The summed E-state index contributed by atoms with van der Waals surface area (Å²) >= 11 is 0. The van der Waals surface area contributed by atoms with Gasteiger partial charge < -0.3 is 0 Å². The van der Waals surface area contributed by atoms with E-state index in [0.29, 0.717) is 11.4 Å². The molecular weight excluding hydrogens is 368 g/mol. The van der Waals surface area contributed by atoms with Crippen molar-refractivity contribution in [3.63, 3.8) is 0 Å². The summed E-state index contributed by atoms with van der Waals surface area (Å²) in [5.41, 5.74) is 4.19. The quantitative estimate of drug-likeness (QED) is 0.292. The number of carbonyl (C=O) groups excluding carboxylic acids is 1. The number of carbonyl (C=O) groups is 1. The van der Waals surface area contributed by atoms with E-state index in [-0.39, 0.29) is 5.91 Å². The highest BCUT2D eigenvalue weighted by Crippen LogP contribution is 2.24. The molecule has 0 spiro atoms. The second kappa shape index (κ2) is 9.01. The van der Waals surface area contributed by atoms with Gasteiger partial charge in [-0.25, -0.2) is 4.99 Å². The number of nitrogens with zero attached hydrogens (tertiary/aromatic N) is 2. The largest absolute Gasteiger partial charge is 0.268 e. The molecule has 0 atom stereocenters. The number of rotatable bonds is 4. The molecule has 3 heteroatoms. The van der Waals surface area contributed by atoms with Crippen LogP contribution in [0.2, 0.25) is 0 Å². The van der Waals surface area contributed by atoms with Gasteiger partial charge in [-0.2, -0.15) is 0 Å². The van der Waals surface area contributed by atoms with Crippen molar-refractivity contribution in [2.24, 2.45) is 4.99 Å². The summed E-state index contributed by atoms with van der Waals surface area (Å²) in [4.78, 5) is 20.2. The molecule has 0 fully saturated rings. The maximum Gasteiger partial charge on any atom is 0.264 e. The first kappa shape index (κ1) is 19.3. The molecule has 0 saturated carbocycles. The summed E-state index contributed by atoms with van der Waals surface area (Å²) in [5, 5.41) is 0. The van der Waals surface area contributed by atoms with Gasteiger partial charge in [0.1, 0.15) is 5.84 Å². The van der Waals surface area contributed by atoms with Crippen LogP contribution in [0.15, 0.2) is 120 Å². The fourth-order valence-electron chi connectivity index (χ4n) is 3.20. The Labute approximate surface area is 177 Å². The molecule has 4 rings (SSSR count). The number of aryl methyl sites for hydroxylation is 1. The highest BCUT2D eigenvalue weighted by atomic mass is 16.2. The first-order chi connectivity index (χ1) is 14.7. The molecule has 0 aliphatic carbocycles. The Morgan fingerprint density at radius 2 is 1.13 bits per heavy atom. The average Bonchev–Trinajstić information content (AvgIpc) is 2.82. The number of benzene rings is 4. The summed E-state index contributed by atoms with van der Waals surface area (Å²) in [6, 6.07) is 36.7. The van der Waals surface area contributed by atoms with E-state index in [9.17, 15) is 4.79 Å². The summed E-state index contributed by atoms with van der Waals surface area (Å²) in [6.45, 7) is 2.04. The van der Waals surface area contributed by atoms with Crippen molar-refractivity contribution in [1.29, 1.82) is 0 Å². The molecular formula is C27H22N2O. The number of amides is 1. The lowest BCUT2D eigenvalue weighted by Crippen LogP contribution is -2.37. The number of amidine groups is 1. The van der Waals surface area contributed by atoms with Crippen molar-refractivity contribution in [2.75, 3.05) is 4.90 Å². The van der Waals surface area contributed by atoms with Crippen LogP contribution in [0.25, 0.3) is 0 Å². The molecule has 0 aromatic heterocycles. The fraction of sp³-hybridized carbons (Fsp3) is 0.0370. The van der Waals surface area contributed by atoms with E-state index in [1.165, 1.54) is 0 Å². The normalized spacial score (nSPS) is 11.2. The Morgan fingerprint density at radius 3 is 1.70 bits per heavy atom. The monoisotopic (exact) mass is 390 g/mol. The zero-order chi connectivity index (χ0) is 20.8. The van der Waals surface area contributed by atoms with Gasteiger partial charge >= 0.3 is 0 Å². The summed E-state index contributed by atoms with van der Waals surface area (Å²) in [5.74, 6) is 0.455.